The zero-order valence-electron chi connectivity index (χ0n) is 17.4. The van der Waals surface area contributed by atoms with E-state index in [9.17, 15) is 14.0 Å². The van der Waals surface area contributed by atoms with Crippen molar-refractivity contribution in [1.82, 2.24) is 14.5 Å². The van der Waals surface area contributed by atoms with Gasteiger partial charge in [-0.2, -0.15) is 0 Å². The highest BCUT2D eigenvalue weighted by atomic mass is 79.9. The summed E-state index contributed by atoms with van der Waals surface area (Å²) in [4.78, 5) is 34.2. The van der Waals surface area contributed by atoms with E-state index in [2.05, 4.69) is 25.9 Å². The first-order valence-corrected chi connectivity index (χ1v) is 11.4. The van der Waals surface area contributed by atoms with Crippen LogP contribution in [0.15, 0.2) is 29.6 Å². The van der Waals surface area contributed by atoms with Gasteiger partial charge in [0, 0.05) is 10.9 Å². The minimum absolute atomic E-state index is 0.129. The molecule has 10 heteroatoms. The number of carbonyl (C=O) groups is 2. The fraction of sp³-hybridized carbons (Fsp3) is 0.333. The molecule has 2 aromatic heterocycles. The van der Waals surface area contributed by atoms with Gasteiger partial charge in [0.2, 0.25) is 0 Å². The Bertz CT molecular complexity index is 1100. The number of rotatable bonds is 5. The van der Waals surface area contributed by atoms with Gasteiger partial charge in [-0.1, -0.05) is 15.9 Å². The Labute approximate surface area is 191 Å². The van der Waals surface area contributed by atoms with Crippen LogP contribution in [-0.2, 0) is 14.8 Å². The van der Waals surface area contributed by atoms with Crippen molar-refractivity contribution in [2.24, 2.45) is 0 Å². The Morgan fingerprint density at radius 1 is 1.19 bits per heavy atom. The predicted molar refractivity (Wildman–Crippen MR) is 119 cm³/mol. The molecule has 3 aromatic rings. The summed E-state index contributed by atoms with van der Waals surface area (Å²) in [7, 11) is 0. The van der Waals surface area contributed by atoms with Crippen molar-refractivity contribution in [1.29, 1.82) is 0 Å². The molecule has 0 aliphatic rings. The molecule has 0 spiro atoms. The fourth-order valence-electron chi connectivity index (χ4n) is 2.75. The number of ether oxygens (including phenoxy) is 2. The lowest BCUT2D eigenvalue weighted by Gasteiger charge is -2.20. The summed E-state index contributed by atoms with van der Waals surface area (Å²) in [5.74, 6) is -0.565. The SMILES string of the molecule is CCOC(=O)c1csc(-c2c(-c3ccc(F)cc3)nc(CBr)n2C(=O)OC(C)(C)C)n1. The summed E-state index contributed by atoms with van der Waals surface area (Å²) >= 11 is 4.54. The Morgan fingerprint density at radius 3 is 2.45 bits per heavy atom. The predicted octanol–water partition coefficient (Wildman–Crippen LogP) is 5.67. The van der Waals surface area contributed by atoms with Gasteiger partial charge < -0.3 is 9.47 Å². The third-order valence-electron chi connectivity index (χ3n) is 3.95. The number of thiazole rings is 1. The Morgan fingerprint density at radius 2 is 1.87 bits per heavy atom. The van der Waals surface area contributed by atoms with Crippen LogP contribution < -0.4 is 0 Å². The third kappa shape index (κ3) is 5.19. The molecular weight excluding hydrogens is 489 g/mol. The molecule has 0 radical (unpaired) electrons. The number of halogens is 2. The van der Waals surface area contributed by atoms with Crippen molar-refractivity contribution in [2.75, 3.05) is 6.61 Å². The van der Waals surface area contributed by atoms with E-state index in [1.807, 2.05) is 0 Å². The number of hydrogen-bond acceptors (Lipinski definition) is 7. The number of aromatic nitrogens is 3. The van der Waals surface area contributed by atoms with Crippen LogP contribution in [-0.4, -0.2) is 38.8 Å². The largest absolute Gasteiger partial charge is 0.461 e. The normalized spacial score (nSPS) is 11.4. The molecule has 0 aliphatic carbocycles. The molecule has 0 atom stereocenters. The van der Waals surface area contributed by atoms with Crippen molar-refractivity contribution < 1.29 is 23.5 Å². The molecular formula is C21H21BrFN3O4S. The number of hydrogen-bond donors (Lipinski definition) is 0. The molecule has 0 fully saturated rings. The molecule has 31 heavy (non-hydrogen) atoms. The van der Waals surface area contributed by atoms with Crippen molar-refractivity contribution in [3.05, 3.63) is 47.0 Å². The van der Waals surface area contributed by atoms with Gasteiger partial charge in [0.25, 0.3) is 0 Å². The van der Waals surface area contributed by atoms with Crippen LogP contribution >= 0.6 is 27.3 Å². The van der Waals surface area contributed by atoms with E-state index in [1.165, 1.54) is 28.0 Å². The Balaban J connectivity index is 2.22. The molecule has 0 amide bonds. The number of alkyl halides is 1. The molecule has 0 N–H and O–H groups in total. The number of esters is 1. The first-order chi connectivity index (χ1) is 14.6. The summed E-state index contributed by atoms with van der Waals surface area (Å²) in [5.41, 5.74) is 0.760. The second-order valence-corrected chi connectivity index (χ2v) is 8.86. The monoisotopic (exact) mass is 509 g/mol. The van der Waals surface area contributed by atoms with E-state index < -0.39 is 23.5 Å². The van der Waals surface area contributed by atoms with E-state index in [0.29, 0.717) is 27.8 Å². The molecule has 2 heterocycles. The minimum atomic E-state index is -0.739. The zero-order chi connectivity index (χ0) is 22.8. The van der Waals surface area contributed by atoms with Gasteiger partial charge in [0.1, 0.15) is 27.9 Å². The van der Waals surface area contributed by atoms with Crippen LogP contribution in [0.2, 0.25) is 0 Å². The second-order valence-electron chi connectivity index (χ2n) is 7.44. The molecule has 7 nitrogen and oxygen atoms in total. The van der Waals surface area contributed by atoms with E-state index in [-0.39, 0.29) is 17.6 Å². The summed E-state index contributed by atoms with van der Waals surface area (Å²) in [6.45, 7) is 7.21. The lowest BCUT2D eigenvalue weighted by Crippen LogP contribution is -2.28. The smallest absolute Gasteiger partial charge is 0.420 e. The quantitative estimate of drug-likeness (QED) is 0.325. The van der Waals surface area contributed by atoms with Crippen molar-refractivity contribution in [3.8, 4) is 22.0 Å². The standard InChI is InChI=1S/C21H21BrFN3O4S/c1-5-29-19(27)14-11-31-18(24-14)17-16(12-6-8-13(23)9-7-12)25-15(10-22)26(17)20(28)30-21(2,3)4/h6-9,11H,5,10H2,1-4H3. The van der Waals surface area contributed by atoms with Gasteiger partial charge in [-0.3, -0.25) is 0 Å². The van der Waals surface area contributed by atoms with Crippen LogP contribution in [0, 0.1) is 5.82 Å². The van der Waals surface area contributed by atoms with Gasteiger partial charge in [-0.25, -0.2) is 28.5 Å². The number of imidazole rings is 1. The van der Waals surface area contributed by atoms with Crippen molar-refractivity contribution >= 4 is 39.3 Å². The maximum absolute atomic E-state index is 13.5. The molecule has 1 aromatic carbocycles. The highest BCUT2D eigenvalue weighted by molar-refractivity contribution is 9.08. The molecule has 3 rings (SSSR count). The van der Waals surface area contributed by atoms with E-state index in [4.69, 9.17) is 9.47 Å². The van der Waals surface area contributed by atoms with E-state index in [1.54, 1.807) is 45.2 Å². The maximum atomic E-state index is 13.5. The topological polar surface area (TPSA) is 83.3 Å². The highest BCUT2D eigenvalue weighted by Crippen LogP contribution is 2.36. The lowest BCUT2D eigenvalue weighted by molar-refractivity contribution is 0.0516. The van der Waals surface area contributed by atoms with Crippen LogP contribution in [0.1, 0.15) is 44.0 Å². The van der Waals surface area contributed by atoms with Crippen molar-refractivity contribution in [3.63, 3.8) is 0 Å². The Hall–Kier alpha value is -2.59. The lowest BCUT2D eigenvalue weighted by atomic mass is 10.1. The summed E-state index contributed by atoms with van der Waals surface area (Å²) < 4.78 is 25.4. The van der Waals surface area contributed by atoms with Crippen molar-refractivity contribution in [2.45, 2.75) is 38.6 Å². The summed E-state index contributed by atoms with van der Waals surface area (Å²) in [5, 5.41) is 2.20. The second kappa shape index (κ2) is 9.27. The molecule has 0 unspecified atom stereocenters. The molecule has 164 valence electrons. The summed E-state index contributed by atoms with van der Waals surface area (Å²) in [6.07, 6.45) is -0.634. The van der Waals surface area contributed by atoms with Crippen LogP contribution in [0.25, 0.3) is 22.0 Å². The number of benzene rings is 1. The van der Waals surface area contributed by atoms with Gasteiger partial charge in [0.05, 0.1) is 17.6 Å². The fourth-order valence-corrected chi connectivity index (χ4v) is 3.95. The van der Waals surface area contributed by atoms with Crippen LogP contribution in [0.4, 0.5) is 9.18 Å². The summed E-state index contributed by atoms with van der Waals surface area (Å²) in [6, 6.07) is 5.76. The first kappa shape index (κ1) is 23.1. The molecule has 0 bridgehead atoms. The minimum Gasteiger partial charge on any atom is -0.461 e. The van der Waals surface area contributed by atoms with E-state index >= 15 is 0 Å². The highest BCUT2D eigenvalue weighted by Gasteiger charge is 2.29. The number of nitrogens with zero attached hydrogens (tertiary/aromatic N) is 3. The molecule has 0 aliphatic heterocycles. The maximum Gasteiger partial charge on any atom is 0.420 e. The van der Waals surface area contributed by atoms with Crippen LogP contribution in [0.5, 0.6) is 0 Å². The molecule has 0 saturated carbocycles. The van der Waals surface area contributed by atoms with E-state index in [0.717, 1.165) is 0 Å². The first-order valence-electron chi connectivity index (χ1n) is 9.44. The van der Waals surface area contributed by atoms with Gasteiger partial charge in [0.15, 0.2) is 5.69 Å². The third-order valence-corrected chi connectivity index (χ3v) is 5.30. The Kier molecular flexibility index (Phi) is 6.90. The zero-order valence-corrected chi connectivity index (χ0v) is 19.8. The van der Waals surface area contributed by atoms with Gasteiger partial charge >= 0.3 is 12.1 Å². The average molecular weight is 510 g/mol. The van der Waals surface area contributed by atoms with Gasteiger partial charge in [-0.15, -0.1) is 11.3 Å². The average Bonchev–Trinajstić information content (AvgIpc) is 3.32. The molecule has 0 saturated heterocycles. The van der Waals surface area contributed by atoms with Gasteiger partial charge in [-0.05, 0) is 52.0 Å². The number of carbonyl (C=O) groups excluding carboxylic acids is 2. The van der Waals surface area contributed by atoms with Crippen LogP contribution in [0.3, 0.4) is 0 Å².